The fourth-order valence-electron chi connectivity index (χ4n) is 3.90. The van der Waals surface area contributed by atoms with E-state index in [1.54, 1.807) is 7.11 Å². The summed E-state index contributed by atoms with van der Waals surface area (Å²) in [5, 5.41) is 6.17. The highest BCUT2D eigenvalue weighted by Gasteiger charge is 2.16. The van der Waals surface area contributed by atoms with E-state index in [0.717, 1.165) is 22.6 Å². The Morgan fingerprint density at radius 3 is 2.31 bits per heavy atom. The van der Waals surface area contributed by atoms with Gasteiger partial charge in [-0.1, -0.05) is 45.0 Å². The van der Waals surface area contributed by atoms with Gasteiger partial charge in [-0.2, -0.15) is 15.0 Å². The lowest BCUT2D eigenvalue weighted by Crippen LogP contribution is -2.15. The summed E-state index contributed by atoms with van der Waals surface area (Å²) in [5.74, 6) is 1.32. The van der Waals surface area contributed by atoms with Gasteiger partial charge in [-0.25, -0.2) is 0 Å². The Morgan fingerprint density at radius 2 is 1.64 bits per heavy atom. The molecule has 39 heavy (non-hydrogen) atoms. The molecule has 0 spiro atoms. The van der Waals surface area contributed by atoms with Crippen LogP contribution in [-0.2, 0) is 10.2 Å². The number of ether oxygens (including phenoxy) is 2. The van der Waals surface area contributed by atoms with Gasteiger partial charge >= 0.3 is 0 Å². The Bertz CT molecular complexity index is 1430. The van der Waals surface area contributed by atoms with Crippen LogP contribution < -0.4 is 21.1 Å². The van der Waals surface area contributed by atoms with E-state index < -0.39 is 0 Å². The van der Waals surface area contributed by atoms with Crippen LogP contribution in [-0.4, -0.2) is 41.2 Å². The van der Waals surface area contributed by atoms with Crippen molar-refractivity contribution in [3.05, 3.63) is 83.4 Å². The summed E-state index contributed by atoms with van der Waals surface area (Å²) in [5.41, 5.74) is 10.8. The summed E-state index contributed by atoms with van der Waals surface area (Å²) in [6, 6.07) is 20.6. The molecule has 3 aromatic carbocycles. The molecule has 0 fully saturated rings. The zero-order chi connectivity index (χ0) is 28.0. The molecule has 0 saturated carbocycles. The lowest BCUT2D eigenvalue weighted by molar-refractivity contribution is 0.102. The standard InChI is InChI=1S/C30H34N6O3/c1-19-24(7-6-8-25(19)33-27(37)20-9-11-21(12-10-20)30(2,3)4)26-34-28(31)36-29(35-26)32-22-13-15-23(16-14-22)39-18-17-38-5/h6-16H,17-18H2,1-5H3,(H,33,37)(H3,31,32,34,35,36). The van der Waals surface area contributed by atoms with Crippen molar-refractivity contribution in [3.8, 4) is 17.1 Å². The number of hydrogen-bond donors (Lipinski definition) is 3. The second-order valence-electron chi connectivity index (χ2n) is 10.1. The highest BCUT2D eigenvalue weighted by molar-refractivity contribution is 6.05. The first kappa shape index (κ1) is 27.5. The SMILES string of the molecule is COCCOc1ccc(Nc2nc(N)nc(-c3cccc(NC(=O)c4ccc(C(C)(C)C)cc4)c3C)n2)cc1. The van der Waals surface area contributed by atoms with Crippen LogP contribution in [0.3, 0.4) is 0 Å². The van der Waals surface area contributed by atoms with E-state index in [2.05, 4.69) is 46.4 Å². The average molecular weight is 527 g/mol. The van der Waals surface area contributed by atoms with Crippen LogP contribution in [0.2, 0.25) is 0 Å². The first-order chi connectivity index (χ1) is 18.6. The van der Waals surface area contributed by atoms with Gasteiger partial charge in [0, 0.05) is 29.6 Å². The van der Waals surface area contributed by atoms with Crippen molar-refractivity contribution in [3.63, 3.8) is 0 Å². The third-order valence-electron chi connectivity index (χ3n) is 6.16. The van der Waals surface area contributed by atoms with Gasteiger partial charge in [0.05, 0.1) is 6.61 Å². The third kappa shape index (κ3) is 7.08. The van der Waals surface area contributed by atoms with Crippen LogP contribution in [0.1, 0.15) is 42.3 Å². The first-order valence-corrected chi connectivity index (χ1v) is 12.7. The second-order valence-corrected chi connectivity index (χ2v) is 10.1. The van der Waals surface area contributed by atoms with Crippen LogP contribution in [0, 0.1) is 6.92 Å². The van der Waals surface area contributed by atoms with Crippen molar-refractivity contribution < 1.29 is 14.3 Å². The summed E-state index contributed by atoms with van der Waals surface area (Å²) in [6.45, 7) is 9.32. The molecule has 4 N–H and O–H groups in total. The molecule has 4 rings (SSSR count). The number of nitrogens with zero attached hydrogens (tertiary/aromatic N) is 3. The normalized spacial score (nSPS) is 11.2. The van der Waals surface area contributed by atoms with Crippen molar-refractivity contribution in [2.24, 2.45) is 0 Å². The van der Waals surface area contributed by atoms with Crippen molar-refractivity contribution in [2.75, 3.05) is 36.7 Å². The quantitative estimate of drug-likeness (QED) is 0.236. The number of rotatable bonds is 9. The minimum absolute atomic E-state index is 0.0158. The number of nitrogens with two attached hydrogens (primary N) is 1. The zero-order valence-electron chi connectivity index (χ0n) is 22.9. The summed E-state index contributed by atoms with van der Waals surface area (Å²) in [7, 11) is 1.63. The number of methoxy groups -OCH3 is 1. The molecule has 9 nitrogen and oxygen atoms in total. The molecule has 0 bridgehead atoms. The maximum absolute atomic E-state index is 13.0. The molecular formula is C30H34N6O3. The monoisotopic (exact) mass is 526 g/mol. The lowest BCUT2D eigenvalue weighted by atomic mass is 9.86. The van der Waals surface area contributed by atoms with Gasteiger partial charge < -0.3 is 25.8 Å². The molecular weight excluding hydrogens is 492 g/mol. The molecule has 0 aliphatic rings. The molecule has 0 aliphatic carbocycles. The van der Waals surface area contributed by atoms with Gasteiger partial charge in [-0.15, -0.1) is 0 Å². The van der Waals surface area contributed by atoms with Gasteiger partial charge in [-0.3, -0.25) is 4.79 Å². The summed E-state index contributed by atoms with van der Waals surface area (Å²) in [6.07, 6.45) is 0. The molecule has 0 aliphatic heterocycles. The average Bonchev–Trinajstić information content (AvgIpc) is 2.90. The van der Waals surface area contributed by atoms with Crippen LogP contribution in [0.15, 0.2) is 66.7 Å². The molecule has 1 heterocycles. The number of carbonyl (C=O) groups excluding carboxylic acids is 1. The Morgan fingerprint density at radius 1 is 0.923 bits per heavy atom. The predicted molar refractivity (Wildman–Crippen MR) is 155 cm³/mol. The Labute approximate surface area is 228 Å². The lowest BCUT2D eigenvalue weighted by Gasteiger charge is -2.19. The minimum Gasteiger partial charge on any atom is -0.491 e. The van der Waals surface area contributed by atoms with E-state index in [1.807, 2.05) is 73.7 Å². The molecule has 0 saturated heterocycles. The molecule has 1 aromatic heterocycles. The fraction of sp³-hybridized carbons (Fsp3) is 0.267. The maximum atomic E-state index is 13.0. The highest BCUT2D eigenvalue weighted by atomic mass is 16.5. The molecule has 0 unspecified atom stereocenters. The van der Waals surface area contributed by atoms with Crippen molar-refractivity contribution >= 4 is 29.2 Å². The van der Waals surface area contributed by atoms with Crippen molar-refractivity contribution in [1.29, 1.82) is 0 Å². The van der Waals surface area contributed by atoms with E-state index in [-0.39, 0.29) is 17.3 Å². The highest BCUT2D eigenvalue weighted by Crippen LogP contribution is 2.29. The molecule has 0 atom stereocenters. The summed E-state index contributed by atoms with van der Waals surface area (Å²) >= 11 is 0. The number of anilines is 4. The van der Waals surface area contributed by atoms with E-state index >= 15 is 0 Å². The number of nitrogens with one attached hydrogen (secondary N) is 2. The number of hydrogen-bond acceptors (Lipinski definition) is 8. The van der Waals surface area contributed by atoms with Crippen LogP contribution in [0.5, 0.6) is 5.75 Å². The van der Waals surface area contributed by atoms with Crippen LogP contribution in [0.25, 0.3) is 11.4 Å². The van der Waals surface area contributed by atoms with E-state index in [1.165, 1.54) is 5.56 Å². The van der Waals surface area contributed by atoms with E-state index in [0.29, 0.717) is 36.2 Å². The van der Waals surface area contributed by atoms with Crippen molar-refractivity contribution in [1.82, 2.24) is 15.0 Å². The summed E-state index contributed by atoms with van der Waals surface area (Å²) in [4.78, 5) is 26.1. The smallest absolute Gasteiger partial charge is 0.255 e. The first-order valence-electron chi connectivity index (χ1n) is 12.7. The molecule has 0 radical (unpaired) electrons. The number of benzene rings is 3. The molecule has 202 valence electrons. The molecule has 4 aromatic rings. The summed E-state index contributed by atoms with van der Waals surface area (Å²) < 4.78 is 10.6. The van der Waals surface area contributed by atoms with E-state index in [4.69, 9.17) is 15.2 Å². The fourth-order valence-corrected chi connectivity index (χ4v) is 3.90. The minimum atomic E-state index is -0.192. The number of aromatic nitrogens is 3. The largest absolute Gasteiger partial charge is 0.491 e. The van der Waals surface area contributed by atoms with Crippen molar-refractivity contribution in [2.45, 2.75) is 33.1 Å². The van der Waals surface area contributed by atoms with Crippen LogP contribution >= 0.6 is 0 Å². The number of amides is 1. The number of carbonyl (C=O) groups is 1. The van der Waals surface area contributed by atoms with Gasteiger partial charge in [0.2, 0.25) is 11.9 Å². The Kier molecular flexibility index (Phi) is 8.41. The van der Waals surface area contributed by atoms with Gasteiger partial charge in [0.1, 0.15) is 12.4 Å². The maximum Gasteiger partial charge on any atom is 0.255 e. The third-order valence-corrected chi connectivity index (χ3v) is 6.16. The second kappa shape index (κ2) is 11.9. The zero-order valence-corrected chi connectivity index (χ0v) is 22.9. The Balaban J connectivity index is 1.52. The Hall–Kier alpha value is -4.50. The van der Waals surface area contributed by atoms with Gasteiger partial charge in [0.25, 0.3) is 5.91 Å². The van der Waals surface area contributed by atoms with Crippen LogP contribution in [0.4, 0.5) is 23.3 Å². The molecule has 1 amide bonds. The van der Waals surface area contributed by atoms with Gasteiger partial charge in [-0.05, 0) is 65.9 Å². The van der Waals surface area contributed by atoms with Gasteiger partial charge in [0.15, 0.2) is 5.82 Å². The van der Waals surface area contributed by atoms with E-state index in [9.17, 15) is 4.79 Å². The predicted octanol–water partition coefficient (Wildman–Crippen LogP) is 5.75. The number of nitrogen functional groups attached to an aromatic ring is 1. The topological polar surface area (TPSA) is 124 Å². The molecule has 9 heteroatoms.